The fraction of sp³-hybridized carbons (Fsp3) is 0.562. The summed E-state index contributed by atoms with van der Waals surface area (Å²) in [4.78, 5) is 2.26. The van der Waals surface area contributed by atoms with Crippen LogP contribution in [0.5, 0.6) is 5.75 Å². The van der Waals surface area contributed by atoms with Gasteiger partial charge in [0, 0.05) is 6.42 Å². The molecule has 0 aliphatic rings. The number of nitrogens with zero attached hydrogens (tertiary/aromatic N) is 2. The first-order valence-electron chi connectivity index (χ1n) is 7.00. The molecule has 0 bridgehead atoms. The Balaban J connectivity index is 2.89. The second-order valence-corrected chi connectivity index (χ2v) is 5.22. The van der Waals surface area contributed by atoms with Crippen LogP contribution in [0, 0.1) is 11.3 Å². The number of nitriles is 1. The van der Waals surface area contributed by atoms with E-state index in [0.29, 0.717) is 6.42 Å². The molecular weight excluding hydrogens is 236 g/mol. The third-order valence-electron chi connectivity index (χ3n) is 3.41. The Morgan fingerprint density at radius 2 is 1.68 bits per heavy atom. The number of rotatable bonds is 7. The predicted molar refractivity (Wildman–Crippen MR) is 78.0 cm³/mol. The molecule has 104 valence electrons. The molecule has 0 saturated heterocycles. The molecule has 0 saturated carbocycles. The SMILES string of the molecule is CCCN(CCC)C(C)(C#N)Cc1ccc(O)cc1. The van der Waals surface area contributed by atoms with E-state index in [9.17, 15) is 10.4 Å². The highest BCUT2D eigenvalue weighted by Crippen LogP contribution is 2.22. The third-order valence-corrected chi connectivity index (χ3v) is 3.41. The molecule has 1 atom stereocenters. The van der Waals surface area contributed by atoms with Crippen LogP contribution in [0.15, 0.2) is 24.3 Å². The largest absolute Gasteiger partial charge is 0.508 e. The van der Waals surface area contributed by atoms with Crippen molar-refractivity contribution in [2.45, 2.75) is 45.6 Å². The van der Waals surface area contributed by atoms with Gasteiger partial charge in [-0.1, -0.05) is 26.0 Å². The summed E-state index contributed by atoms with van der Waals surface area (Å²) in [7, 11) is 0. The van der Waals surface area contributed by atoms with Crippen LogP contribution in [-0.2, 0) is 6.42 Å². The first-order chi connectivity index (χ1) is 9.05. The predicted octanol–water partition coefficient (Wildman–Crippen LogP) is 3.34. The summed E-state index contributed by atoms with van der Waals surface area (Å²) in [6.07, 6.45) is 2.78. The molecule has 0 aliphatic carbocycles. The normalized spacial score (nSPS) is 14.1. The third kappa shape index (κ3) is 4.25. The van der Waals surface area contributed by atoms with Gasteiger partial charge in [0.25, 0.3) is 0 Å². The lowest BCUT2D eigenvalue weighted by molar-refractivity contribution is 0.151. The summed E-state index contributed by atoms with van der Waals surface area (Å²) in [5, 5.41) is 18.9. The number of aromatic hydroxyl groups is 1. The van der Waals surface area contributed by atoms with Crippen LogP contribution in [-0.4, -0.2) is 28.6 Å². The molecule has 0 amide bonds. The van der Waals surface area contributed by atoms with Crippen LogP contribution in [0.1, 0.15) is 39.2 Å². The molecule has 3 nitrogen and oxygen atoms in total. The zero-order chi connectivity index (χ0) is 14.3. The molecule has 1 aromatic carbocycles. The van der Waals surface area contributed by atoms with Crippen molar-refractivity contribution in [1.82, 2.24) is 4.90 Å². The van der Waals surface area contributed by atoms with Crippen molar-refractivity contribution in [3.8, 4) is 11.8 Å². The van der Waals surface area contributed by atoms with E-state index in [4.69, 9.17) is 0 Å². The molecule has 19 heavy (non-hydrogen) atoms. The van der Waals surface area contributed by atoms with Crippen LogP contribution in [0.2, 0.25) is 0 Å². The van der Waals surface area contributed by atoms with Crippen LogP contribution < -0.4 is 0 Å². The van der Waals surface area contributed by atoms with Crippen molar-refractivity contribution in [2.24, 2.45) is 0 Å². The topological polar surface area (TPSA) is 47.3 Å². The molecule has 0 radical (unpaired) electrons. The van der Waals surface area contributed by atoms with Gasteiger partial charge in [-0.3, -0.25) is 4.90 Å². The zero-order valence-corrected chi connectivity index (χ0v) is 12.2. The Labute approximate surface area is 116 Å². The average Bonchev–Trinajstić information content (AvgIpc) is 2.41. The van der Waals surface area contributed by atoms with Crippen LogP contribution in [0.4, 0.5) is 0 Å². The average molecular weight is 260 g/mol. The van der Waals surface area contributed by atoms with Crippen LogP contribution >= 0.6 is 0 Å². The summed E-state index contributed by atoms with van der Waals surface area (Å²) >= 11 is 0. The number of hydrogen-bond donors (Lipinski definition) is 1. The molecular formula is C16H24N2O. The van der Waals surface area contributed by atoms with Crippen molar-refractivity contribution in [2.75, 3.05) is 13.1 Å². The lowest BCUT2D eigenvalue weighted by Gasteiger charge is -2.36. The fourth-order valence-corrected chi connectivity index (χ4v) is 2.38. The van der Waals surface area contributed by atoms with E-state index >= 15 is 0 Å². The lowest BCUT2D eigenvalue weighted by Crippen LogP contribution is -2.47. The van der Waals surface area contributed by atoms with Crippen molar-refractivity contribution in [3.05, 3.63) is 29.8 Å². The number of phenols is 1. The van der Waals surface area contributed by atoms with E-state index in [1.165, 1.54) is 0 Å². The van der Waals surface area contributed by atoms with Gasteiger partial charge >= 0.3 is 0 Å². The molecule has 1 N–H and O–H groups in total. The van der Waals surface area contributed by atoms with Crippen molar-refractivity contribution >= 4 is 0 Å². The van der Waals surface area contributed by atoms with Gasteiger partial charge < -0.3 is 5.11 Å². The Bertz CT molecular complexity index is 415. The highest BCUT2D eigenvalue weighted by atomic mass is 16.3. The first kappa shape index (κ1) is 15.5. The van der Waals surface area contributed by atoms with Gasteiger partial charge in [0.2, 0.25) is 0 Å². The quantitative estimate of drug-likeness (QED) is 0.818. The number of benzene rings is 1. The molecule has 1 unspecified atom stereocenters. The highest BCUT2D eigenvalue weighted by Gasteiger charge is 2.31. The minimum absolute atomic E-state index is 0.265. The van der Waals surface area contributed by atoms with Gasteiger partial charge in [-0.25, -0.2) is 0 Å². The van der Waals surface area contributed by atoms with Gasteiger partial charge in [0.1, 0.15) is 11.3 Å². The standard InChI is InChI=1S/C16H24N2O/c1-4-10-18(11-5-2)16(3,13-17)12-14-6-8-15(19)9-7-14/h6-9,19H,4-5,10-12H2,1-3H3. The van der Waals surface area contributed by atoms with Crippen LogP contribution in [0.3, 0.4) is 0 Å². The number of hydrogen-bond acceptors (Lipinski definition) is 3. The Morgan fingerprint density at radius 1 is 1.16 bits per heavy atom. The molecule has 1 rings (SSSR count). The Morgan fingerprint density at radius 3 is 2.11 bits per heavy atom. The summed E-state index contributed by atoms with van der Waals surface area (Å²) in [6, 6.07) is 9.61. The maximum absolute atomic E-state index is 9.58. The molecule has 0 fully saturated rings. The zero-order valence-electron chi connectivity index (χ0n) is 12.2. The minimum Gasteiger partial charge on any atom is -0.508 e. The highest BCUT2D eigenvalue weighted by molar-refractivity contribution is 5.28. The second kappa shape index (κ2) is 7.16. The fourth-order valence-electron chi connectivity index (χ4n) is 2.38. The molecule has 0 aromatic heterocycles. The summed E-state index contributed by atoms with van der Waals surface area (Å²) in [5.74, 6) is 0.265. The lowest BCUT2D eigenvalue weighted by atomic mass is 9.91. The van der Waals surface area contributed by atoms with Gasteiger partial charge in [0.15, 0.2) is 0 Å². The molecule has 3 heteroatoms. The van der Waals surface area contributed by atoms with Crippen molar-refractivity contribution < 1.29 is 5.11 Å². The maximum Gasteiger partial charge on any atom is 0.115 e. The summed E-state index contributed by atoms with van der Waals surface area (Å²) < 4.78 is 0. The van der Waals surface area contributed by atoms with Gasteiger partial charge in [-0.15, -0.1) is 0 Å². The molecule has 0 heterocycles. The van der Waals surface area contributed by atoms with E-state index in [0.717, 1.165) is 31.5 Å². The van der Waals surface area contributed by atoms with Gasteiger partial charge in [0.05, 0.1) is 6.07 Å². The van der Waals surface area contributed by atoms with Crippen LogP contribution in [0.25, 0.3) is 0 Å². The van der Waals surface area contributed by atoms with E-state index in [1.54, 1.807) is 12.1 Å². The smallest absolute Gasteiger partial charge is 0.115 e. The monoisotopic (exact) mass is 260 g/mol. The second-order valence-electron chi connectivity index (χ2n) is 5.22. The van der Waals surface area contributed by atoms with E-state index in [2.05, 4.69) is 24.8 Å². The van der Waals surface area contributed by atoms with E-state index < -0.39 is 5.54 Å². The maximum atomic E-state index is 9.58. The Hall–Kier alpha value is -1.53. The van der Waals surface area contributed by atoms with E-state index in [1.807, 2.05) is 19.1 Å². The Kier molecular flexibility index (Phi) is 5.85. The molecule has 1 aromatic rings. The number of phenolic OH excluding ortho intramolecular Hbond substituents is 1. The summed E-state index contributed by atoms with van der Waals surface area (Å²) in [6.45, 7) is 8.17. The summed E-state index contributed by atoms with van der Waals surface area (Å²) in [5.41, 5.74) is 0.599. The minimum atomic E-state index is -0.483. The first-order valence-corrected chi connectivity index (χ1v) is 7.00. The van der Waals surface area contributed by atoms with E-state index in [-0.39, 0.29) is 5.75 Å². The molecule has 0 aliphatic heterocycles. The molecule has 0 spiro atoms. The van der Waals surface area contributed by atoms with Gasteiger partial charge in [-0.2, -0.15) is 5.26 Å². The van der Waals surface area contributed by atoms with Crippen molar-refractivity contribution in [3.63, 3.8) is 0 Å². The van der Waals surface area contributed by atoms with Gasteiger partial charge in [-0.05, 0) is 50.6 Å². The van der Waals surface area contributed by atoms with Crippen molar-refractivity contribution in [1.29, 1.82) is 5.26 Å².